The molecule has 0 radical (unpaired) electrons. The Balaban J connectivity index is 1.67. The van der Waals surface area contributed by atoms with Crippen LogP contribution in [0.5, 0.6) is 0 Å². The van der Waals surface area contributed by atoms with Crippen LogP contribution in [0.25, 0.3) is 5.69 Å². The Kier molecular flexibility index (Phi) is 5.30. The fraction of sp³-hybridized carbons (Fsp3) is 0.150. The number of carbonyl (C=O) groups excluding carboxylic acids is 1. The van der Waals surface area contributed by atoms with E-state index in [-0.39, 0.29) is 23.7 Å². The fourth-order valence-electron chi connectivity index (χ4n) is 2.70. The molecule has 6 nitrogen and oxygen atoms in total. The molecule has 26 heavy (non-hydrogen) atoms. The van der Waals surface area contributed by atoms with Gasteiger partial charge in [0, 0.05) is 6.54 Å². The zero-order chi connectivity index (χ0) is 18.4. The van der Waals surface area contributed by atoms with E-state index in [1.165, 1.54) is 4.68 Å². The summed E-state index contributed by atoms with van der Waals surface area (Å²) in [5, 5.41) is 16.6. The summed E-state index contributed by atoms with van der Waals surface area (Å²) in [7, 11) is 0. The van der Waals surface area contributed by atoms with E-state index in [1.54, 1.807) is 0 Å². The SMILES string of the molecule is N#Cc1c(CC(=O)NCCc2ccccc2)nn(-c2ccccc2)c1N. The van der Waals surface area contributed by atoms with E-state index < -0.39 is 0 Å². The molecule has 1 heterocycles. The Morgan fingerprint density at radius 2 is 1.77 bits per heavy atom. The largest absolute Gasteiger partial charge is 0.382 e. The first-order valence-electron chi connectivity index (χ1n) is 8.32. The smallest absolute Gasteiger partial charge is 0.226 e. The highest BCUT2D eigenvalue weighted by Gasteiger charge is 2.18. The summed E-state index contributed by atoms with van der Waals surface area (Å²) in [4.78, 5) is 12.2. The van der Waals surface area contributed by atoms with Crippen LogP contribution in [0.3, 0.4) is 0 Å². The molecule has 2 aromatic carbocycles. The van der Waals surface area contributed by atoms with Gasteiger partial charge in [-0.15, -0.1) is 0 Å². The van der Waals surface area contributed by atoms with Gasteiger partial charge in [-0.3, -0.25) is 4.79 Å². The summed E-state index contributed by atoms with van der Waals surface area (Å²) in [6, 6.07) is 21.3. The van der Waals surface area contributed by atoms with Crippen molar-refractivity contribution in [2.75, 3.05) is 12.3 Å². The standard InChI is InChI=1S/C20H19N5O/c21-14-17-18(24-25(20(17)22)16-9-5-2-6-10-16)13-19(26)23-12-11-15-7-3-1-4-8-15/h1-10H,11-13,22H2,(H,23,26). The van der Waals surface area contributed by atoms with E-state index in [2.05, 4.69) is 16.5 Å². The van der Waals surface area contributed by atoms with E-state index in [0.717, 1.165) is 17.7 Å². The van der Waals surface area contributed by atoms with Gasteiger partial charge in [0.15, 0.2) is 0 Å². The van der Waals surface area contributed by atoms with Crippen molar-refractivity contribution in [3.05, 3.63) is 77.5 Å². The summed E-state index contributed by atoms with van der Waals surface area (Å²) in [5.74, 6) is 0.0564. The van der Waals surface area contributed by atoms with Crippen molar-refractivity contribution in [3.63, 3.8) is 0 Å². The van der Waals surface area contributed by atoms with Crippen molar-refractivity contribution in [1.29, 1.82) is 5.26 Å². The van der Waals surface area contributed by atoms with Crippen molar-refractivity contribution in [1.82, 2.24) is 15.1 Å². The zero-order valence-corrected chi connectivity index (χ0v) is 14.2. The molecule has 0 aliphatic carbocycles. The average molecular weight is 345 g/mol. The third kappa shape index (κ3) is 3.90. The second-order valence-corrected chi connectivity index (χ2v) is 5.83. The number of hydrogen-bond donors (Lipinski definition) is 2. The number of para-hydroxylation sites is 1. The van der Waals surface area contributed by atoms with Gasteiger partial charge in [-0.1, -0.05) is 48.5 Å². The lowest BCUT2D eigenvalue weighted by molar-refractivity contribution is -0.120. The van der Waals surface area contributed by atoms with Gasteiger partial charge in [0.25, 0.3) is 0 Å². The van der Waals surface area contributed by atoms with Gasteiger partial charge >= 0.3 is 0 Å². The summed E-state index contributed by atoms with van der Waals surface area (Å²) in [5.41, 5.74) is 8.57. The number of carbonyl (C=O) groups is 1. The number of hydrogen-bond acceptors (Lipinski definition) is 4. The summed E-state index contributed by atoms with van der Waals surface area (Å²) in [6.07, 6.45) is 0.764. The first-order valence-corrected chi connectivity index (χ1v) is 8.32. The molecular formula is C20H19N5O. The first kappa shape index (κ1) is 17.2. The van der Waals surface area contributed by atoms with E-state index >= 15 is 0 Å². The number of rotatable bonds is 6. The van der Waals surface area contributed by atoms with Crippen LogP contribution in [0.1, 0.15) is 16.8 Å². The van der Waals surface area contributed by atoms with E-state index in [4.69, 9.17) is 5.73 Å². The highest BCUT2D eigenvalue weighted by Crippen LogP contribution is 2.20. The number of aromatic nitrogens is 2. The number of nitrogens with two attached hydrogens (primary N) is 1. The van der Waals surface area contributed by atoms with Crippen LogP contribution < -0.4 is 11.1 Å². The third-order valence-electron chi connectivity index (χ3n) is 4.01. The molecule has 3 aromatic rings. The average Bonchev–Trinajstić information content (AvgIpc) is 2.98. The van der Waals surface area contributed by atoms with E-state index in [9.17, 15) is 10.1 Å². The quantitative estimate of drug-likeness (QED) is 0.716. The van der Waals surface area contributed by atoms with Gasteiger partial charge in [-0.05, 0) is 24.1 Å². The molecule has 130 valence electrons. The molecule has 1 amide bonds. The van der Waals surface area contributed by atoms with Crippen molar-refractivity contribution in [3.8, 4) is 11.8 Å². The number of nitrogens with zero attached hydrogens (tertiary/aromatic N) is 3. The number of benzene rings is 2. The second-order valence-electron chi connectivity index (χ2n) is 5.83. The van der Waals surface area contributed by atoms with Crippen LogP contribution >= 0.6 is 0 Å². The second kappa shape index (κ2) is 7.99. The van der Waals surface area contributed by atoms with Crippen LogP contribution in [-0.4, -0.2) is 22.2 Å². The summed E-state index contributed by atoms with van der Waals surface area (Å²) in [6.45, 7) is 0.527. The van der Waals surface area contributed by atoms with Gasteiger partial charge in [0.05, 0.1) is 17.8 Å². The molecule has 3 N–H and O–H groups in total. The molecule has 6 heteroatoms. The summed E-state index contributed by atoms with van der Waals surface area (Å²) < 4.78 is 1.49. The predicted octanol–water partition coefficient (Wildman–Crippen LogP) is 2.23. The van der Waals surface area contributed by atoms with E-state index in [1.807, 2.05) is 60.7 Å². The van der Waals surface area contributed by atoms with Gasteiger partial charge in [0.1, 0.15) is 17.5 Å². The molecule has 0 saturated carbocycles. The molecule has 0 spiro atoms. The topological polar surface area (TPSA) is 96.7 Å². The minimum atomic E-state index is -0.185. The number of nitrogens with one attached hydrogen (secondary N) is 1. The van der Waals surface area contributed by atoms with Crippen molar-refractivity contribution in [2.45, 2.75) is 12.8 Å². The van der Waals surface area contributed by atoms with Crippen molar-refractivity contribution in [2.24, 2.45) is 0 Å². The Labute approximate surface area is 151 Å². The lowest BCUT2D eigenvalue weighted by atomic mass is 10.1. The Morgan fingerprint density at radius 3 is 2.42 bits per heavy atom. The minimum absolute atomic E-state index is 0.0156. The maximum Gasteiger partial charge on any atom is 0.226 e. The normalized spacial score (nSPS) is 10.3. The Morgan fingerprint density at radius 1 is 1.12 bits per heavy atom. The highest BCUT2D eigenvalue weighted by atomic mass is 16.1. The van der Waals surface area contributed by atoms with Crippen LogP contribution in [0.4, 0.5) is 5.82 Å². The van der Waals surface area contributed by atoms with Crippen molar-refractivity contribution < 1.29 is 4.79 Å². The number of anilines is 1. The van der Waals surface area contributed by atoms with Crippen LogP contribution in [-0.2, 0) is 17.6 Å². The lowest BCUT2D eigenvalue weighted by Crippen LogP contribution is -2.27. The molecule has 0 aliphatic heterocycles. The Hall–Kier alpha value is -3.59. The summed E-state index contributed by atoms with van der Waals surface area (Å²) >= 11 is 0. The zero-order valence-electron chi connectivity index (χ0n) is 14.2. The first-order chi connectivity index (χ1) is 12.7. The third-order valence-corrected chi connectivity index (χ3v) is 4.01. The maximum absolute atomic E-state index is 12.2. The lowest BCUT2D eigenvalue weighted by Gasteiger charge is -2.04. The van der Waals surface area contributed by atoms with Gasteiger partial charge in [0.2, 0.25) is 5.91 Å². The molecule has 0 unspecified atom stereocenters. The monoisotopic (exact) mass is 345 g/mol. The minimum Gasteiger partial charge on any atom is -0.382 e. The molecule has 3 rings (SSSR count). The van der Waals surface area contributed by atoms with Crippen LogP contribution in [0.2, 0.25) is 0 Å². The molecule has 0 fully saturated rings. The predicted molar refractivity (Wildman–Crippen MR) is 99.6 cm³/mol. The Bertz CT molecular complexity index is 926. The highest BCUT2D eigenvalue weighted by molar-refractivity contribution is 5.79. The van der Waals surface area contributed by atoms with Crippen molar-refractivity contribution >= 4 is 11.7 Å². The molecule has 0 saturated heterocycles. The molecule has 0 aliphatic rings. The fourth-order valence-corrected chi connectivity index (χ4v) is 2.70. The molecule has 1 aromatic heterocycles. The maximum atomic E-state index is 12.2. The number of amides is 1. The van der Waals surface area contributed by atoms with Crippen LogP contribution in [0, 0.1) is 11.3 Å². The van der Waals surface area contributed by atoms with Gasteiger partial charge in [-0.2, -0.15) is 10.4 Å². The van der Waals surface area contributed by atoms with Gasteiger partial charge < -0.3 is 11.1 Å². The molecule has 0 atom stereocenters. The molecular weight excluding hydrogens is 326 g/mol. The van der Waals surface area contributed by atoms with E-state index in [0.29, 0.717) is 12.2 Å². The molecule has 0 bridgehead atoms. The van der Waals surface area contributed by atoms with Crippen LogP contribution in [0.15, 0.2) is 60.7 Å². The van der Waals surface area contributed by atoms with Gasteiger partial charge in [-0.25, -0.2) is 4.68 Å². The number of nitrogen functional groups attached to an aromatic ring is 1. The number of nitriles is 1.